The first-order valence-corrected chi connectivity index (χ1v) is 6.40. The van der Waals surface area contributed by atoms with E-state index in [1.54, 1.807) is 6.20 Å². The first kappa shape index (κ1) is 12.3. The fraction of sp³-hybridized carbons (Fsp3) is 0.167. The molecule has 0 unspecified atom stereocenters. The topological polar surface area (TPSA) is 37.8 Å². The Labute approximate surface area is 113 Å². The van der Waals surface area contributed by atoms with Gasteiger partial charge in [-0.3, -0.25) is 0 Å². The van der Waals surface area contributed by atoms with Crippen LogP contribution in [-0.4, -0.2) is 16.5 Å². The van der Waals surface area contributed by atoms with E-state index >= 15 is 0 Å². The number of hydrogen-bond donors (Lipinski definition) is 1. The smallest absolute Gasteiger partial charge is 0.161 e. The number of anilines is 1. The van der Waals surface area contributed by atoms with Crippen LogP contribution in [0.2, 0.25) is 5.02 Å². The molecule has 1 N–H and O–H groups in total. The van der Waals surface area contributed by atoms with E-state index in [4.69, 9.17) is 11.6 Å². The average molecular weight is 313 g/mol. The Kier molecular flexibility index (Phi) is 3.97. The molecule has 0 radical (unpaired) electrons. The van der Waals surface area contributed by atoms with Crippen molar-refractivity contribution in [3.63, 3.8) is 0 Å². The molecule has 1 aromatic carbocycles. The van der Waals surface area contributed by atoms with Gasteiger partial charge >= 0.3 is 0 Å². The van der Waals surface area contributed by atoms with Crippen LogP contribution in [0.3, 0.4) is 0 Å². The summed E-state index contributed by atoms with van der Waals surface area (Å²) >= 11 is 9.34. The van der Waals surface area contributed by atoms with E-state index in [-0.39, 0.29) is 0 Å². The van der Waals surface area contributed by atoms with E-state index in [9.17, 15) is 0 Å². The Hall–Kier alpha value is -1.13. The van der Waals surface area contributed by atoms with E-state index in [1.165, 1.54) is 0 Å². The third-order valence-electron chi connectivity index (χ3n) is 2.19. The van der Waals surface area contributed by atoms with Gasteiger partial charge in [-0.15, -0.1) is 0 Å². The summed E-state index contributed by atoms with van der Waals surface area (Å²) in [6.45, 7) is 2.86. The SMILES string of the molecule is CCNc1ccnc(-c2ccc(Cl)c(Br)c2)n1. The van der Waals surface area contributed by atoms with Gasteiger partial charge in [-0.05, 0) is 47.1 Å². The minimum absolute atomic E-state index is 0.677. The Balaban J connectivity index is 2.38. The van der Waals surface area contributed by atoms with Gasteiger partial charge in [0.05, 0.1) is 5.02 Å². The zero-order valence-corrected chi connectivity index (χ0v) is 11.6. The number of hydrogen-bond acceptors (Lipinski definition) is 3. The molecule has 0 spiro atoms. The molecular formula is C12H11BrClN3. The predicted octanol–water partition coefficient (Wildman–Crippen LogP) is 3.99. The van der Waals surface area contributed by atoms with Gasteiger partial charge in [-0.25, -0.2) is 9.97 Å². The largest absolute Gasteiger partial charge is 0.370 e. The van der Waals surface area contributed by atoms with Crippen molar-refractivity contribution in [1.29, 1.82) is 0 Å². The van der Waals surface area contributed by atoms with Crippen LogP contribution in [0.5, 0.6) is 0 Å². The lowest BCUT2D eigenvalue weighted by atomic mass is 10.2. The van der Waals surface area contributed by atoms with Crippen molar-refractivity contribution >= 4 is 33.3 Å². The highest BCUT2D eigenvalue weighted by Crippen LogP contribution is 2.27. The average Bonchev–Trinajstić information content (AvgIpc) is 2.33. The monoisotopic (exact) mass is 311 g/mol. The molecule has 3 nitrogen and oxygen atoms in total. The van der Waals surface area contributed by atoms with Gasteiger partial charge in [0.25, 0.3) is 0 Å². The minimum Gasteiger partial charge on any atom is -0.370 e. The molecule has 2 aromatic rings. The molecule has 0 aliphatic rings. The Bertz CT molecular complexity index is 531. The molecule has 0 amide bonds. The van der Waals surface area contributed by atoms with Crippen LogP contribution < -0.4 is 5.32 Å². The second-order valence-corrected chi connectivity index (χ2v) is 4.69. The summed E-state index contributed by atoms with van der Waals surface area (Å²) in [7, 11) is 0. The predicted molar refractivity (Wildman–Crippen MR) is 74.3 cm³/mol. The maximum absolute atomic E-state index is 5.95. The molecule has 0 aliphatic heterocycles. The van der Waals surface area contributed by atoms with Crippen molar-refractivity contribution in [3.05, 3.63) is 40.0 Å². The highest BCUT2D eigenvalue weighted by molar-refractivity contribution is 9.10. The van der Waals surface area contributed by atoms with Crippen molar-refractivity contribution in [1.82, 2.24) is 9.97 Å². The molecule has 88 valence electrons. The van der Waals surface area contributed by atoms with Gasteiger partial charge in [0.1, 0.15) is 5.82 Å². The van der Waals surface area contributed by atoms with E-state index in [2.05, 4.69) is 31.2 Å². The molecule has 0 saturated carbocycles. The maximum Gasteiger partial charge on any atom is 0.161 e. The highest BCUT2D eigenvalue weighted by Gasteiger charge is 2.05. The van der Waals surface area contributed by atoms with Gasteiger partial charge < -0.3 is 5.32 Å². The van der Waals surface area contributed by atoms with Gasteiger partial charge in [-0.1, -0.05) is 11.6 Å². The lowest BCUT2D eigenvalue weighted by Crippen LogP contribution is -2.00. The molecule has 5 heteroatoms. The zero-order chi connectivity index (χ0) is 12.3. The Morgan fingerprint density at radius 1 is 1.35 bits per heavy atom. The van der Waals surface area contributed by atoms with Crippen LogP contribution >= 0.6 is 27.5 Å². The van der Waals surface area contributed by atoms with E-state index in [0.29, 0.717) is 10.8 Å². The molecule has 1 heterocycles. The third-order valence-corrected chi connectivity index (χ3v) is 3.41. The van der Waals surface area contributed by atoms with Crippen LogP contribution in [0.4, 0.5) is 5.82 Å². The molecule has 0 aliphatic carbocycles. The van der Waals surface area contributed by atoms with Crippen LogP contribution in [0, 0.1) is 0 Å². The molecule has 0 bridgehead atoms. The van der Waals surface area contributed by atoms with Crippen LogP contribution in [-0.2, 0) is 0 Å². The summed E-state index contributed by atoms with van der Waals surface area (Å²) < 4.78 is 0.842. The van der Waals surface area contributed by atoms with Gasteiger partial charge in [-0.2, -0.15) is 0 Å². The van der Waals surface area contributed by atoms with Crippen molar-refractivity contribution in [2.24, 2.45) is 0 Å². The Morgan fingerprint density at radius 3 is 2.88 bits per heavy atom. The summed E-state index contributed by atoms with van der Waals surface area (Å²) in [6.07, 6.45) is 1.74. The molecule has 0 saturated heterocycles. The number of benzene rings is 1. The number of aromatic nitrogens is 2. The zero-order valence-electron chi connectivity index (χ0n) is 9.24. The van der Waals surface area contributed by atoms with Gasteiger partial charge in [0.15, 0.2) is 5.82 Å². The third kappa shape index (κ3) is 2.96. The fourth-order valence-electron chi connectivity index (χ4n) is 1.41. The quantitative estimate of drug-likeness (QED) is 0.931. The van der Waals surface area contributed by atoms with Gasteiger partial charge in [0.2, 0.25) is 0 Å². The fourth-order valence-corrected chi connectivity index (χ4v) is 1.91. The lowest BCUT2D eigenvalue weighted by molar-refractivity contribution is 1.12. The maximum atomic E-state index is 5.95. The highest BCUT2D eigenvalue weighted by atomic mass is 79.9. The summed E-state index contributed by atoms with van der Waals surface area (Å²) in [5.74, 6) is 1.50. The van der Waals surface area contributed by atoms with Crippen LogP contribution in [0.1, 0.15) is 6.92 Å². The Morgan fingerprint density at radius 2 is 2.18 bits per heavy atom. The molecular weight excluding hydrogens is 302 g/mol. The van der Waals surface area contributed by atoms with Crippen molar-refractivity contribution in [2.75, 3.05) is 11.9 Å². The molecule has 0 fully saturated rings. The second-order valence-electron chi connectivity index (χ2n) is 3.42. The van der Waals surface area contributed by atoms with Crippen LogP contribution in [0.15, 0.2) is 34.9 Å². The second kappa shape index (κ2) is 5.47. The van der Waals surface area contributed by atoms with Crippen LogP contribution in [0.25, 0.3) is 11.4 Å². The van der Waals surface area contributed by atoms with Crippen molar-refractivity contribution in [3.8, 4) is 11.4 Å². The molecule has 17 heavy (non-hydrogen) atoms. The summed E-state index contributed by atoms with van der Waals surface area (Å²) in [5, 5.41) is 3.83. The standard InChI is InChI=1S/C12H11BrClN3/c1-2-15-11-5-6-16-12(17-11)8-3-4-10(14)9(13)7-8/h3-7H,2H2,1H3,(H,15,16,17). The number of nitrogens with zero attached hydrogens (tertiary/aromatic N) is 2. The van der Waals surface area contributed by atoms with E-state index in [1.807, 2.05) is 31.2 Å². The molecule has 2 rings (SSSR count). The normalized spacial score (nSPS) is 10.3. The number of halogens is 2. The minimum atomic E-state index is 0.677. The van der Waals surface area contributed by atoms with Crippen molar-refractivity contribution < 1.29 is 0 Å². The molecule has 1 aromatic heterocycles. The van der Waals surface area contributed by atoms with E-state index < -0.39 is 0 Å². The van der Waals surface area contributed by atoms with Gasteiger partial charge in [0, 0.05) is 22.8 Å². The summed E-state index contributed by atoms with van der Waals surface area (Å²) in [4.78, 5) is 8.67. The summed E-state index contributed by atoms with van der Waals surface area (Å²) in [6, 6.07) is 7.48. The number of nitrogens with one attached hydrogen (secondary N) is 1. The lowest BCUT2D eigenvalue weighted by Gasteiger charge is -2.05. The van der Waals surface area contributed by atoms with Crippen molar-refractivity contribution in [2.45, 2.75) is 6.92 Å². The first-order chi connectivity index (χ1) is 8.20. The van der Waals surface area contributed by atoms with E-state index in [0.717, 1.165) is 22.4 Å². The first-order valence-electron chi connectivity index (χ1n) is 5.23. The summed E-state index contributed by atoms with van der Waals surface area (Å²) in [5.41, 5.74) is 0.932. The number of rotatable bonds is 3. The molecule has 0 atom stereocenters.